The van der Waals surface area contributed by atoms with Gasteiger partial charge in [-0.25, -0.2) is 4.39 Å². The van der Waals surface area contributed by atoms with E-state index in [1.807, 2.05) is 32.0 Å². The maximum absolute atomic E-state index is 13.9. The number of halogens is 1. The highest BCUT2D eigenvalue weighted by Crippen LogP contribution is 2.38. The Balaban J connectivity index is 1.75. The molecule has 3 aromatic carbocycles. The topological polar surface area (TPSA) is 53.8 Å². The fraction of sp³-hybridized carbons (Fsp3) is 0.240. The van der Waals surface area contributed by atoms with Crippen LogP contribution in [-0.4, -0.2) is 17.4 Å². The molecule has 0 amide bonds. The highest BCUT2D eigenvalue weighted by Gasteiger charge is 2.28. The molecule has 4 rings (SSSR count). The van der Waals surface area contributed by atoms with E-state index >= 15 is 0 Å². The zero-order valence-electron chi connectivity index (χ0n) is 17.1. The summed E-state index contributed by atoms with van der Waals surface area (Å²) >= 11 is 0. The van der Waals surface area contributed by atoms with Crippen molar-refractivity contribution in [1.82, 2.24) is 5.32 Å². The van der Waals surface area contributed by atoms with Gasteiger partial charge in [0.1, 0.15) is 12.0 Å². The van der Waals surface area contributed by atoms with Gasteiger partial charge >= 0.3 is 0 Å². The van der Waals surface area contributed by atoms with Gasteiger partial charge in [0.05, 0.1) is 6.61 Å². The first kappa shape index (κ1) is 20.1. The van der Waals surface area contributed by atoms with E-state index in [0.29, 0.717) is 18.8 Å². The summed E-state index contributed by atoms with van der Waals surface area (Å²) in [4.78, 5) is 4.88. The summed E-state index contributed by atoms with van der Waals surface area (Å²) in [5, 5.41) is 14.3. The highest BCUT2D eigenvalue weighted by molar-refractivity contribution is 6.01. The molecule has 0 aromatic heterocycles. The lowest BCUT2D eigenvalue weighted by molar-refractivity contribution is 0.313. The number of nitrogens with one attached hydrogen (secondary N) is 1. The number of aliphatic imine (C=N–C) groups is 1. The normalized spacial score (nSPS) is 18.7. The van der Waals surface area contributed by atoms with Crippen LogP contribution in [0.3, 0.4) is 0 Å². The Bertz CT molecular complexity index is 1060. The number of benzene rings is 3. The van der Waals surface area contributed by atoms with E-state index in [9.17, 15) is 9.50 Å². The standard InChI is InChI=1S/C25H25FN2O2/c1-3-30-23-9-5-8-20(24(23)29)22-15-21(17-12-10-16(2)11-13-17)27-25(28-22)18-6-4-7-19(26)14-18/h4-14,22,25,28-29H,3,15H2,1-2H3/t22-,25-/m0/s1. The Labute approximate surface area is 176 Å². The van der Waals surface area contributed by atoms with E-state index in [1.54, 1.807) is 12.1 Å². The van der Waals surface area contributed by atoms with Crippen molar-refractivity contribution in [1.29, 1.82) is 0 Å². The van der Waals surface area contributed by atoms with Crippen LogP contribution < -0.4 is 10.1 Å². The van der Waals surface area contributed by atoms with E-state index in [1.165, 1.54) is 17.7 Å². The van der Waals surface area contributed by atoms with Crippen molar-refractivity contribution in [2.45, 2.75) is 32.5 Å². The number of hydrogen-bond donors (Lipinski definition) is 2. The molecule has 1 aliphatic heterocycles. The zero-order valence-corrected chi connectivity index (χ0v) is 17.1. The SMILES string of the molecule is CCOc1cccc([C@@H]2CC(c3ccc(C)cc3)=N[C@H](c3cccc(F)c3)N2)c1O. The number of rotatable bonds is 5. The molecule has 2 N–H and O–H groups in total. The van der Waals surface area contributed by atoms with Crippen LogP contribution in [0.4, 0.5) is 4.39 Å². The molecule has 4 nitrogen and oxygen atoms in total. The molecule has 0 aliphatic carbocycles. The van der Waals surface area contributed by atoms with Crippen molar-refractivity contribution in [2.75, 3.05) is 6.61 Å². The first-order valence-corrected chi connectivity index (χ1v) is 10.1. The molecule has 1 heterocycles. The molecule has 0 saturated heterocycles. The van der Waals surface area contributed by atoms with Crippen LogP contribution in [0.2, 0.25) is 0 Å². The van der Waals surface area contributed by atoms with Gasteiger partial charge in [-0.3, -0.25) is 10.3 Å². The molecular formula is C25H25FN2O2. The van der Waals surface area contributed by atoms with Crippen LogP contribution in [0.1, 0.15) is 47.8 Å². The van der Waals surface area contributed by atoms with E-state index in [-0.39, 0.29) is 17.6 Å². The van der Waals surface area contributed by atoms with Gasteiger partial charge in [0, 0.05) is 23.7 Å². The van der Waals surface area contributed by atoms with Gasteiger partial charge in [-0.1, -0.05) is 54.1 Å². The molecule has 3 aromatic rings. The summed E-state index contributed by atoms with van der Waals surface area (Å²) in [7, 11) is 0. The second kappa shape index (κ2) is 8.67. The fourth-order valence-electron chi connectivity index (χ4n) is 3.77. The minimum atomic E-state index is -0.425. The monoisotopic (exact) mass is 404 g/mol. The lowest BCUT2D eigenvalue weighted by Crippen LogP contribution is -2.33. The quantitative estimate of drug-likeness (QED) is 0.594. The van der Waals surface area contributed by atoms with E-state index < -0.39 is 6.17 Å². The zero-order chi connectivity index (χ0) is 21.1. The number of ether oxygens (including phenoxy) is 1. The average Bonchev–Trinajstić information content (AvgIpc) is 2.75. The second-order valence-corrected chi connectivity index (χ2v) is 7.45. The molecule has 154 valence electrons. The van der Waals surface area contributed by atoms with Crippen molar-refractivity contribution >= 4 is 5.71 Å². The molecule has 2 atom stereocenters. The number of para-hydroxylation sites is 1. The summed E-state index contributed by atoms with van der Waals surface area (Å²) in [6, 6.07) is 20.0. The minimum Gasteiger partial charge on any atom is -0.504 e. The van der Waals surface area contributed by atoms with Gasteiger partial charge in [-0.05, 0) is 43.2 Å². The number of phenols is 1. The Hall–Kier alpha value is -3.18. The maximum atomic E-state index is 13.9. The minimum absolute atomic E-state index is 0.125. The number of nitrogens with zero attached hydrogens (tertiary/aromatic N) is 1. The summed E-state index contributed by atoms with van der Waals surface area (Å²) in [6.07, 6.45) is 0.170. The Morgan fingerprint density at radius 3 is 2.60 bits per heavy atom. The number of hydrogen-bond acceptors (Lipinski definition) is 4. The van der Waals surface area contributed by atoms with Crippen molar-refractivity contribution in [2.24, 2.45) is 4.99 Å². The van der Waals surface area contributed by atoms with Crippen molar-refractivity contribution in [3.63, 3.8) is 0 Å². The molecule has 1 aliphatic rings. The summed E-state index contributed by atoms with van der Waals surface area (Å²) < 4.78 is 19.4. The molecule has 0 saturated carbocycles. The Morgan fingerprint density at radius 2 is 1.87 bits per heavy atom. The van der Waals surface area contributed by atoms with E-state index in [2.05, 4.69) is 29.6 Å². The lowest BCUT2D eigenvalue weighted by Gasteiger charge is -2.31. The predicted octanol–water partition coefficient (Wildman–Crippen LogP) is 5.46. The van der Waals surface area contributed by atoms with E-state index in [4.69, 9.17) is 9.73 Å². The van der Waals surface area contributed by atoms with Gasteiger partial charge in [-0.15, -0.1) is 0 Å². The molecular weight excluding hydrogens is 379 g/mol. The third-order valence-corrected chi connectivity index (χ3v) is 5.30. The first-order valence-electron chi connectivity index (χ1n) is 10.1. The Kier molecular flexibility index (Phi) is 5.81. The molecule has 0 radical (unpaired) electrons. The molecule has 0 spiro atoms. The van der Waals surface area contributed by atoms with Crippen molar-refractivity contribution < 1.29 is 14.2 Å². The number of aromatic hydroxyl groups is 1. The molecule has 0 bridgehead atoms. The summed E-state index contributed by atoms with van der Waals surface area (Å²) in [5.74, 6) is 0.281. The highest BCUT2D eigenvalue weighted by atomic mass is 19.1. The number of phenolic OH excluding ortho intramolecular Hbond substituents is 1. The molecule has 30 heavy (non-hydrogen) atoms. The Morgan fingerprint density at radius 1 is 1.10 bits per heavy atom. The third kappa shape index (κ3) is 4.21. The predicted molar refractivity (Wildman–Crippen MR) is 117 cm³/mol. The number of aryl methyl sites for hydroxylation is 1. The van der Waals surface area contributed by atoms with Crippen LogP contribution in [0.5, 0.6) is 11.5 Å². The summed E-state index contributed by atoms with van der Waals surface area (Å²) in [5.41, 5.74) is 4.59. The molecule has 5 heteroatoms. The van der Waals surface area contributed by atoms with Crippen LogP contribution in [0.15, 0.2) is 71.7 Å². The van der Waals surface area contributed by atoms with E-state index in [0.717, 1.165) is 22.4 Å². The van der Waals surface area contributed by atoms with Gasteiger partial charge < -0.3 is 9.84 Å². The maximum Gasteiger partial charge on any atom is 0.162 e. The van der Waals surface area contributed by atoms with Crippen molar-refractivity contribution in [3.8, 4) is 11.5 Å². The first-order chi connectivity index (χ1) is 14.5. The lowest BCUT2D eigenvalue weighted by atomic mass is 9.93. The van der Waals surface area contributed by atoms with Crippen molar-refractivity contribution in [3.05, 3.63) is 94.8 Å². The fourth-order valence-corrected chi connectivity index (χ4v) is 3.77. The van der Waals surface area contributed by atoms with Gasteiger partial charge in [-0.2, -0.15) is 0 Å². The smallest absolute Gasteiger partial charge is 0.162 e. The molecule has 0 unspecified atom stereocenters. The van der Waals surface area contributed by atoms with Gasteiger partial charge in [0.15, 0.2) is 11.5 Å². The van der Waals surface area contributed by atoms with Gasteiger partial charge in [0.25, 0.3) is 0 Å². The largest absolute Gasteiger partial charge is 0.504 e. The third-order valence-electron chi connectivity index (χ3n) is 5.30. The van der Waals surface area contributed by atoms with Crippen LogP contribution in [0.25, 0.3) is 0 Å². The van der Waals surface area contributed by atoms with Crippen LogP contribution in [0, 0.1) is 12.7 Å². The van der Waals surface area contributed by atoms with Gasteiger partial charge in [0.2, 0.25) is 0 Å². The second-order valence-electron chi connectivity index (χ2n) is 7.45. The molecule has 0 fully saturated rings. The average molecular weight is 404 g/mol. The summed E-state index contributed by atoms with van der Waals surface area (Å²) in [6.45, 7) is 4.40. The van der Waals surface area contributed by atoms with Crippen LogP contribution >= 0.6 is 0 Å². The van der Waals surface area contributed by atoms with Crippen LogP contribution in [-0.2, 0) is 0 Å².